The highest BCUT2D eigenvalue weighted by atomic mass is 35.5. The molecular weight excluding hydrogens is 443 g/mol. The molecule has 1 unspecified atom stereocenters. The lowest BCUT2D eigenvalue weighted by molar-refractivity contribution is 0.252. The quantitative estimate of drug-likeness (QED) is 0.380. The van der Waals surface area contributed by atoms with E-state index in [4.69, 9.17) is 34.8 Å². The Bertz CT molecular complexity index is 1100. The fourth-order valence-electron chi connectivity index (χ4n) is 3.24. The lowest BCUT2D eigenvalue weighted by atomic mass is 9.92. The van der Waals surface area contributed by atoms with Gasteiger partial charge in [-0.2, -0.15) is 5.10 Å². The summed E-state index contributed by atoms with van der Waals surface area (Å²) in [5.41, 5.74) is 6.71. The van der Waals surface area contributed by atoms with Crippen molar-refractivity contribution >= 4 is 57.9 Å². The molecule has 2 amide bonds. The molecule has 1 aliphatic rings. The normalized spacial score (nSPS) is 16.5. The number of hydrogen-bond donors (Lipinski definition) is 3. The molecule has 3 aromatic rings. The Kier molecular flexibility index (Phi) is 6.13. The highest BCUT2D eigenvalue weighted by Gasteiger charge is 2.25. The number of urea groups is 1. The van der Waals surface area contributed by atoms with Gasteiger partial charge < -0.3 is 10.6 Å². The van der Waals surface area contributed by atoms with Crippen molar-refractivity contribution in [1.29, 1.82) is 0 Å². The Labute approximate surface area is 189 Å². The Balaban J connectivity index is 1.56. The van der Waals surface area contributed by atoms with Gasteiger partial charge in [0, 0.05) is 38.4 Å². The first-order valence-corrected chi connectivity index (χ1v) is 10.3. The Morgan fingerprint density at radius 1 is 0.900 bits per heavy atom. The zero-order valence-corrected chi connectivity index (χ0v) is 17.9. The van der Waals surface area contributed by atoms with Crippen molar-refractivity contribution in [1.82, 2.24) is 5.43 Å². The van der Waals surface area contributed by atoms with E-state index in [0.29, 0.717) is 27.2 Å². The van der Waals surface area contributed by atoms with Gasteiger partial charge in [-0.3, -0.25) is 0 Å². The van der Waals surface area contributed by atoms with Crippen LogP contribution < -0.4 is 16.1 Å². The summed E-state index contributed by atoms with van der Waals surface area (Å²) < 4.78 is 0. The van der Waals surface area contributed by atoms with Crippen LogP contribution >= 0.6 is 34.8 Å². The lowest BCUT2D eigenvalue weighted by Gasteiger charge is -2.28. The van der Waals surface area contributed by atoms with Crippen LogP contribution in [0.2, 0.25) is 15.1 Å². The summed E-state index contributed by atoms with van der Waals surface area (Å²) in [5, 5.41) is 12.5. The summed E-state index contributed by atoms with van der Waals surface area (Å²) in [6, 6.07) is 19.6. The molecule has 0 aliphatic carbocycles. The molecule has 5 nitrogen and oxygen atoms in total. The van der Waals surface area contributed by atoms with Crippen molar-refractivity contribution in [2.75, 3.05) is 10.6 Å². The second kappa shape index (κ2) is 8.96. The van der Waals surface area contributed by atoms with Crippen LogP contribution in [0, 0.1) is 0 Å². The summed E-state index contributed by atoms with van der Waals surface area (Å²) in [4.78, 5) is 12.3. The zero-order chi connectivity index (χ0) is 21.1. The number of anilines is 2. The first-order valence-electron chi connectivity index (χ1n) is 9.19. The molecular formula is C22H17Cl3N4O. The van der Waals surface area contributed by atoms with Crippen LogP contribution in [0.15, 0.2) is 71.8 Å². The summed E-state index contributed by atoms with van der Waals surface area (Å²) in [5.74, 6) is 0. The summed E-state index contributed by atoms with van der Waals surface area (Å²) in [6.07, 6.45) is 0.566. The molecule has 1 heterocycles. The molecule has 30 heavy (non-hydrogen) atoms. The predicted octanol–water partition coefficient (Wildman–Crippen LogP) is 6.73. The lowest BCUT2D eigenvalue weighted by Crippen LogP contribution is -2.29. The topological polar surface area (TPSA) is 65.5 Å². The number of rotatable bonds is 3. The molecule has 3 N–H and O–H groups in total. The van der Waals surface area contributed by atoms with Crippen LogP contribution in [0.5, 0.6) is 0 Å². The van der Waals surface area contributed by atoms with Gasteiger partial charge in [0.1, 0.15) is 0 Å². The molecule has 152 valence electrons. The van der Waals surface area contributed by atoms with Crippen LogP contribution in [0.1, 0.15) is 23.6 Å². The molecule has 1 atom stereocenters. The minimum Gasteiger partial charge on any atom is -0.377 e. The molecule has 0 bridgehead atoms. The number of hydrazone groups is 1. The second-order valence-electron chi connectivity index (χ2n) is 6.77. The van der Waals surface area contributed by atoms with Crippen molar-refractivity contribution in [2.24, 2.45) is 5.10 Å². The molecule has 1 aliphatic heterocycles. The molecule has 0 aromatic heterocycles. The fourth-order valence-corrected chi connectivity index (χ4v) is 3.66. The SMILES string of the molecule is O=C(NN=C1CC(c2ccc(Cl)cc2)Nc2ccc(Cl)cc21)Nc1ccc(Cl)cc1. The average Bonchev–Trinajstić information content (AvgIpc) is 2.74. The summed E-state index contributed by atoms with van der Waals surface area (Å²) in [7, 11) is 0. The molecule has 0 radical (unpaired) electrons. The van der Waals surface area contributed by atoms with Crippen molar-refractivity contribution in [2.45, 2.75) is 12.5 Å². The van der Waals surface area contributed by atoms with E-state index in [1.165, 1.54) is 0 Å². The van der Waals surface area contributed by atoms with Crippen molar-refractivity contribution in [3.63, 3.8) is 0 Å². The Morgan fingerprint density at radius 2 is 1.53 bits per heavy atom. The summed E-state index contributed by atoms with van der Waals surface area (Å²) in [6.45, 7) is 0. The standard InChI is InChI=1S/C22H17Cl3N4O/c23-14-3-1-13(2-4-14)20-12-21(18-11-16(25)7-10-19(18)27-20)28-29-22(30)26-17-8-5-15(24)6-9-17/h1-11,20,27H,12H2,(H2,26,29,30). The first-order chi connectivity index (χ1) is 14.5. The van der Waals surface area contributed by atoms with Crippen LogP contribution in [0.25, 0.3) is 0 Å². The molecule has 0 spiro atoms. The fraction of sp³-hybridized carbons (Fsp3) is 0.0909. The van der Waals surface area contributed by atoms with Crippen LogP contribution in [0.3, 0.4) is 0 Å². The van der Waals surface area contributed by atoms with E-state index in [2.05, 4.69) is 21.2 Å². The highest BCUT2D eigenvalue weighted by molar-refractivity contribution is 6.31. The van der Waals surface area contributed by atoms with Crippen LogP contribution in [-0.2, 0) is 0 Å². The Morgan fingerprint density at radius 3 is 2.23 bits per heavy atom. The van der Waals surface area contributed by atoms with Crippen LogP contribution in [0.4, 0.5) is 16.2 Å². The van der Waals surface area contributed by atoms with Crippen LogP contribution in [-0.4, -0.2) is 11.7 Å². The van der Waals surface area contributed by atoms with E-state index in [0.717, 1.165) is 22.5 Å². The van der Waals surface area contributed by atoms with E-state index < -0.39 is 6.03 Å². The number of carbonyl (C=O) groups excluding carboxylic acids is 1. The summed E-state index contributed by atoms with van der Waals surface area (Å²) >= 11 is 18.1. The maximum Gasteiger partial charge on any atom is 0.339 e. The minimum atomic E-state index is -0.449. The van der Waals surface area contributed by atoms with Crippen molar-refractivity contribution < 1.29 is 4.79 Å². The average molecular weight is 460 g/mol. The van der Waals surface area contributed by atoms with Gasteiger partial charge >= 0.3 is 6.03 Å². The number of nitrogens with one attached hydrogen (secondary N) is 3. The molecule has 8 heteroatoms. The van der Waals surface area contributed by atoms with Gasteiger partial charge in [-0.15, -0.1) is 0 Å². The van der Waals surface area contributed by atoms with Gasteiger partial charge in [-0.05, 0) is 60.2 Å². The van der Waals surface area contributed by atoms with E-state index >= 15 is 0 Å². The molecule has 0 fully saturated rings. The third kappa shape index (κ3) is 4.87. The Hall–Kier alpha value is -2.73. The second-order valence-corrected chi connectivity index (χ2v) is 8.08. The minimum absolute atomic E-state index is 0.0178. The molecule has 3 aromatic carbocycles. The number of carbonyl (C=O) groups is 1. The highest BCUT2D eigenvalue weighted by Crippen LogP contribution is 2.34. The number of amides is 2. The van der Waals surface area contributed by atoms with Gasteiger partial charge in [0.05, 0.1) is 11.8 Å². The maximum atomic E-state index is 12.3. The number of hydrogen-bond acceptors (Lipinski definition) is 3. The molecule has 0 saturated carbocycles. The van der Waals surface area contributed by atoms with E-state index in [9.17, 15) is 4.79 Å². The van der Waals surface area contributed by atoms with Gasteiger partial charge in [0.2, 0.25) is 0 Å². The van der Waals surface area contributed by atoms with E-state index in [1.54, 1.807) is 24.3 Å². The predicted molar refractivity (Wildman–Crippen MR) is 124 cm³/mol. The maximum absolute atomic E-state index is 12.3. The number of benzene rings is 3. The zero-order valence-electron chi connectivity index (χ0n) is 15.6. The van der Waals surface area contributed by atoms with Gasteiger partial charge in [0.15, 0.2) is 0 Å². The van der Waals surface area contributed by atoms with Gasteiger partial charge in [-0.1, -0.05) is 46.9 Å². The monoisotopic (exact) mass is 458 g/mol. The van der Waals surface area contributed by atoms with Gasteiger partial charge in [-0.25, -0.2) is 10.2 Å². The first kappa shape index (κ1) is 20.5. The smallest absolute Gasteiger partial charge is 0.339 e. The molecule has 0 saturated heterocycles. The van der Waals surface area contributed by atoms with E-state index in [1.807, 2.05) is 42.5 Å². The number of halogens is 3. The van der Waals surface area contributed by atoms with E-state index in [-0.39, 0.29) is 6.04 Å². The van der Waals surface area contributed by atoms with Gasteiger partial charge in [0.25, 0.3) is 0 Å². The number of nitrogens with zero attached hydrogens (tertiary/aromatic N) is 1. The van der Waals surface area contributed by atoms with Crippen molar-refractivity contribution in [3.05, 3.63) is 92.9 Å². The largest absolute Gasteiger partial charge is 0.377 e. The third-order valence-corrected chi connectivity index (χ3v) is 5.43. The number of fused-ring (bicyclic) bond motifs is 1. The van der Waals surface area contributed by atoms with Crippen molar-refractivity contribution in [3.8, 4) is 0 Å². The third-order valence-electron chi connectivity index (χ3n) is 4.69. The molecule has 4 rings (SSSR count).